The molecular formula is C17H27N3O4. The molecule has 134 valence electrons. The Hall–Kier alpha value is -2.05. The molecule has 7 nitrogen and oxygen atoms in total. The summed E-state index contributed by atoms with van der Waals surface area (Å²) in [4.78, 5) is 26.0. The van der Waals surface area contributed by atoms with Gasteiger partial charge in [-0.2, -0.15) is 5.10 Å². The minimum atomic E-state index is -0.532. The third-order valence-electron chi connectivity index (χ3n) is 3.80. The zero-order valence-corrected chi connectivity index (χ0v) is 14.9. The van der Waals surface area contributed by atoms with E-state index in [1.54, 1.807) is 29.0 Å². The summed E-state index contributed by atoms with van der Waals surface area (Å²) in [7, 11) is 1.80. The number of ether oxygens (including phenoxy) is 2. The van der Waals surface area contributed by atoms with Crippen molar-refractivity contribution < 1.29 is 19.1 Å². The normalized spacial score (nSPS) is 18.3. The summed E-state index contributed by atoms with van der Waals surface area (Å²) in [6.45, 7) is 6.38. The quantitative estimate of drug-likeness (QED) is 0.788. The fourth-order valence-corrected chi connectivity index (χ4v) is 2.70. The van der Waals surface area contributed by atoms with Gasteiger partial charge in [-0.3, -0.25) is 9.48 Å². The lowest BCUT2D eigenvalue weighted by molar-refractivity contribution is -0.145. The highest BCUT2D eigenvalue weighted by molar-refractivity contribution is 5.72. The van der Waals surface area contributed by atoms with Crippen LogP contribution in [-0.2, 0) is 27.7 Å². The summed E-state index contributed by atoms with van der Waals surface area (Å²) in [5.74, 6) is -0.308. The van der Waals surface area contributed by atoms with Gasteiger partial charge in [-0.05, 0) is 40.0 Å². The average Bonchev–Trinajstić information content (AvgIpc) is 2.88. The van der Waals surface area contributed by atoms with E-state index in [0.717, 1.165) is 24.8 Å². The molecule has 1 aromatic heterocycles. The summed E-state index contributed by atoms with van der Waals surface area (Å²) < 4.78 is 12.5. The van der Waals surface area contributed by atoms with Crippen molar-refractivity contribution in [3.63, 3.8) is 0 Å². The Morgan fingerprint density at radius 1 is 1.33 bits per heavy atom. The van der Waals surface area contributed by atoms with Gasteiger partial charge in [-0.1, -0.05) is 0 Å². The summed E-state index contributed by atoms with van der Waals surface area (Å²) in [5.41, 5.74) is 0.283. The lowest BCUT2D eigenvalue weighted by Crippen LogP contribution is -2.48. The number of hydrogen-bond donors (Lipinski definition) is 0. The highest BCUT2D eigenvalue weighted by Crippen LogP contribution is 2.20. The monoisotopic (exact) mass is 337 g/mol. The van der Waals surface area contributed by atoms with Crippen LogP contribution in [0.3, 0.4) is 0 Å². The molecule has 0 spiro atoms. The van der Waals surface area contributed by atoms with Gasteiger partial charge in [0.15, 0.2) is 0 Å². The lowest BCUT2D eigenvalue weighted by Gasteiger charge is -2.36. The Labute approximate surface area is 142 Å². The summed E-state index contributed by atoms with van der Waals surface area (Å²) in [6, 6.07) is -0.119. The predicted molar refractivity (Wildman–Crippen MR) is 88.5 cm³/mol. The predicted octanol–water partition coefficient (Wildman–Crippen LogP) is 2.30. The molecule has 0 aromatic carbocycles. The molecule has 0 N–H and O–H groups in total. The van der Waals surface area contributed by atoms with Crippen LogP contribution < -0.4 is 0 Å². The zero-order valence-electron chi connectivity index (χ0n) is 14.9. The van der Waals surface area contributed by atoms with Gasteiger partial charge in [0.2, 0.25) is 0 Å². The second-order valence-electron chi connectivity index (χ2n) is 7.21. The molecule has 7 heteroatoms. The first-order valence-electron chi connectivity index (χ1n) is 8.37. The van der Waals surface area contributed by atoms with Gasteiger partial charge in [0.05, 0.1) is 18.7 Å². The minimum Gasteiger partial charge on any atom is -0.463 e. The molecule has 1 atom stereocenters. The maximum Gasteiger partial charge on any atom is 0.410 e. The fraction of sp³-hybridized carbons (Fsp3) is 0.706. The van der Waals surface area contributed by atoms with Crippen molar-refractivity contribution in [3.8, 4) is 0 Å². The Morgan fingerprint density at radius 2 is 2.08 bits per heavy atom. The van der Waals surface area contributed by atoms with Crippen LogP contribution in [0.25, 0.3) is 0 Å². The van der Waals surface area contributed by atoms with Gasteiger partial charge in [0, 0.05) is 25.4 Å². The van der Waals surface area contributed by atoms with E-state index >= 15 is 0 Å². The molecule has 1 aliphatic rings. The van der Waals surface area contributed by atoms with Crippen LogP contribution in [0.15, 0.2) is 12.4 Å². The topological polar surface area (TPSA) is 73.7 Å². The van der Waals surface area contributed by atoms with Crippen molar-refractivity contribution in [3.05, 3.63) is 18.0 Å². The van der Waals surface area contributed by atoms with E-state index in [1.807, 2.05) is 20.8 Å². The highest BCUT2D eigenvalue weighted by atomic mass is 16.6. The van der Waals surface area contributed by atoms with Gasteiger partial charge < -0.3 is 14.4 Å². The molecular weight excluding hydrogens is 310 g/mol. The number of aryl methyl sites for hydroxylation is 1. The molecule has 1 saturated heterocycles. The van der Waals surface area contributed by atoms with Crippen molar-refractivity contribution in [2.75, 3.05) is 13.2 Å². The molecule has 0 bridgehead atoms. The first kappa shape index (κ1) is 18.3. The second-order valence-corrected chi connectivity index (χ2v) is 7.21. The average molecular weight is 337 g/mol. The van der Waals surface area contributed by atoms with E-state index in [1.165, 1.54) is 0 Å². The molecule has 1 aliphatic heterocycles. The van der Waals surface area contributed by atoms with Crippen molar-refractivity contribution >= 4 is 12.1 Å². The van der Waals surface area contributed by atoms with Crippen molar-refractivity contribution in [2.45, 2.75) is 58.1 Å². The largest absolute Gasteiger partial charge is 0.463 e. The molecule has 24 heavy (non-hydrogen) atoms. The van der Waals surface area contributed by atoms with Gasteiger partial charge in [0.1, 0.15) is 12.2 Å². The van der Waals surface area contributed by atoms with Gasteiger partial charge in [-0.15, -0.1) is 0 Å². The Balaban J connectivity index is 1.86. The number of carbonyl (C=O) groups is 2. The second kappa shape index (κ2) is 7.68. The van der Waals surface area contributed by atoms with E-state index in [9.17, 15) is 9.59 Å². The lowest BCUT2D eigenvalue weighted by atomic mass is 10.0. The number of esters is 1. The van der Waals surface area contributed by atoms with Gasteiger partial charge in [0.25, 0.3) is 0 Å². The van der Waals surface area contributed by atoms with Crippen molar-refractivity contribution in [2.24, 2.45) is 7.05 Å². The Kier molecular flexibility index (Phi) is 5.85. The van der Waals surface area contributed by atoms with E-state index in [4.69, 9.17) is 9.47 Å². The Bertz CT molecular complexity index is 577. The fourth-order valence-electron chi connectivity index (χ4n) is 2.70. The van der Waals surface area contributed by atoms with E-state index in [2.05, 4.69) is 5.10 Å². The molecule has 2 heterocycles. The minimum absolute atomic E-state index is 0.119. The smallest absolute Gasteiger partial charge is 0.410 e. The SMILES string of the molecule is Cn1cc(CC(=O)OCC2CCCCN2C(=O)OC(C)(C)C)cn1. The summed E-state index contributed by atoms with van der Waals surface area (Å²) >= 11 is 0. The van der Waals surface area contributed by atoms with E-state index in [0.29, 0.717) is 6.54 Å². The number of likely N-dealkylation sites (tertiary alicyclic amines) is 1. The first-order valence-corrected chi connectivity index (χ1v) is 8.37. The maximum absolute atomic E-state index is 12.3. The maximum atomic E-state index is 12.3. The van der Waals surface area contributed by atoms with Crippen molar-refractivity contribution in [1.82, 2.24) is 14.7 Å². The van der Waals surface area contributed by atoms with Crippen LogP contribution in [0.1, 0.15) is 45.6 Å². The number of piperidine rings is 1. The van der Waals surface area contributed by atoms with Gasteiger partial charge in [-0.25, -0.2) is 4.79 Å². The summed E-state index contributed by atoms with van der Waals surface area (Å²) in [5, 5.41) is 4.03. The molecule has 0 aliphatic carbocycles. The number of aromatic nitrogens is 2. The van der Waals surface area contributed by atoms with Crippen molar-refractivity contribution in [1.29, 1.82) is 0 Å². The summed E-state index contributed by atoms with van der Waals surface area (Å²) in [6.07, 6.45) is 6.06. The number of nitrogens with zero attached hydrogens (tertiary/aromatic N) is 3. The van der Waals surface area contributed by atoms with Crippen LogP contribution in [0.4, 0.5) is 4.79 Å². The number of hydrogen-bond acceptors (Lipinski definition) is 5. The van der Waals surface area contributed by atoms with Crippen LogP contribution >= 0.6 is 0 Å². The zero-order chi connectivity index (χ0) is 17.7. The number of carbonyl (C=O) groups excluding carboxylic acids is 2. The highest BCUT2D eigenvalue weighted by Gasteiger charge is 2.31. The number of amides is 1. The Morgan fingerprint density at radius 3 is 2.71 bits per heavy atom. The van der Waals surface area contributed by atoms with E-state index in [-0.39, 0.29) is 31.1 Å². The first-order chi connectivity index (χ1) is 11.2. The molecule has 0 saturated carbocycles. The third-order valence-corrected chi connectivity index (χ3v) is 3.80. The van der Waals surface area contributed by atoms with Crippen LogP contribution in [0.5, 0.6) is 0 Å². The standard InChI is InChI=1S/C17H27N3O4/c1-17(2,3)24-16(22)20-8-6-5-7-14(20)12-23-15(21)9-13-10-18-19(4)11-13/h10-11,14H,5-9,12H2,1-4H3. The number of rotatable bonds is 4. The molecule has 2 rings (SSSR count). The van der Waals surface area contributed by atoms with Crippen LogP contribution in [0, 0.1) is 0 Å². The van der Waals surface area contributed by atoms with Gasteiger partial charge >= 0.3 is 12.1 Å². The van der Waals surface area contributed by atoms with Crippen LogP contribution in [0.2, 0.25) is 0 Å². The molecule has 0 radical (unpaired) electrons. The third kappa shape index (κ3) is 5.54. The molecule has 1 fully saturated rings. The van der Waals surface area contributed by atoms with Crippen LogP contribution in [-0.4, -0.2) is 51.5 Å². The van der Waals surface area contributed by atoms with E-state index < -0.39 is 5.60 Å². The molecule has 1 unspecified atom stereocenters. The molecule has 1 aromatic rings. The molecule has 1 amide bonds.